The number of hydrogen-bond acceptors (Lipinski definition) is 3. The number of aryl methyl sites for hydroxylation is 2. The molecule has 3 heteroatoms. The van der Waals surface area contributed by atoms with Crippen LogP contribution >= 0.6 is 0 Å². The first-order valence-electron chi connectivity index (χ1n) is 8.92. The second-order valence-electron chi connectivity index (χ2n) is 8.35. The van der Waals surface area contributed by atoms with Gasteiger partial charge in [0, 0.05) is 45.4 Å². The van der Waals surface area contributed by atoms with Crippen LogP contribution in [0.2, 0.25) is 0 Å². The van der Waals surface area contributed by atoms with Crippen molar-refractivity contribution < 1.29 is 5.11 Å². The third kappa shape index (κ3) is 5.59. The molecule has 1 aromatic carbocycles. The molecule has 3 nitrogen and oxygen atoms in total. The summed E-state index contributed by atoms with van der Waals surface area (Å²) < 4.78 is 0. The maximum atomic E-state index is 9.43. The number of nitrogens with zero attached hydrogens (tertiary/aromatic N) is 2. The van der Waals surface area contributed by atoms with E-state index in [4.69, 9.17) is 0 Å². The number of rotatable bonds is 5. The molecule has 0 amide bonds. The minimum Gasteiger partial charge on any atom is -0.396 e. The predicted molar refractivity (Wildman–Crippen MR) is 97.7 cm³/mol. The lowest BCUT2D eigenvalue weighted by molar-refractivity contribution is 0.0340. The van der Waals surface area contributed by atoms with E-state index in [0.717, 1.165) is 39.1 Å². The summed E-state index contributed by atoms with van der Waals surface area (Å²) in [7, 11) is 0. The summed E-state index contributed by atoms with van der Waals surface area (Å²) in [4.78, 5) is 5.12. The Kier molecular flexibility index (Phi) is 6.24. The summed E-state index contributed by atoms with van der Waals surface area (Å²) in [6.45, 7) is 16.9. The molecule has 1 saturated heterocycles. The standard InChI is InChI=1S/C20H34N2O/c1-16-6-7-18(12-17(16)2)13-21-9-10-22(15-20(3,4)5)19(14-21)8-11-23/h6-7,12,19,23H,8-11,13-15H2,1-5H3/t19-/m1/s1. The van der Waals surface area contributed by atoms with Crippen LogP contribution < -0.4 is 0 Å². The molecule has 23 heavy (non-hydrogen) atoms. The maximum absolute atomic E-state index is 9.43. The molecule has 0 saturated carbocycles. The zero-order valence-corrected chi connectivity index (χ0v) is 15.6. The summed E-state index contributed by atoms with van der Waals surface area (Å²) in [6.07, 6.45) is 0.875. The minimum absolute atomic E-state index is 0.281. The van der Waals surface area contributed by atoms with Crippen molar-refractivity contribution in [3.63, 3.8) is 0 Å². The highest BCUT2D eigenvalue weighted by molar-refractivity contribution is 5.29. The van der Waals surface area contributed by atoms with Crippen molar-refractivity contribution in [3.8, 4) is 0 Å². The van der Waals surface area contributed by atoms with Crippen molar-refractivity contribution in [2.24, 2.45) is 5.41 Å². The van der Waals surface area contributed by atoms with Gasteiger partial charge in [0.2, 0.25) is 0 Å². The van der Waals surface area contributed by atoms with Crippen molar-refractivity contribution in [1.82, 2.24) is 9.80 Å². The molecule has 0 spiro atoms. The molecule has 130 valence electrons. The molecule has 0 aromatic heterocycles. The van der Waals surface area contributed by atoms with Crippen LogP contribution in [0.4, 0.5) is 0 Å². The quantitative estimate of drug-likeness (QED) is 0.903. The highest BCUT2D eigenvalue weighted by atomic mass is 16.3. The number of hydrogen-bond donors (Lipinski definition) is 1. The summed E-state index contributed by atoms with van der Waals surface area (Å²) >= 11 is 0. The van der Waals surface area contributed by atoms with Crippen molar-refractivity contribution in [2.45, 2.75) is 53.6 Å². The smallest absolute Gasteiger partial charge is 0.0446 e. The Morgan fingerprint density at radius 2 is 1.87 bits per heavy atom. The van der Waals surface area contributed by atoms with E-state index in [1.165, 1.54) is 16.7 Å². The predicted octanol–water partition coefficient (Wildman–Crippen LogP) is 3.22. The fourth-order valence-corrected chi connectivity index (χ4v) is 3.50. The number of piperazine rings is 1. The third-order valence-electron chi connectivity index (χ3n) is 4.81. The Bertz CT molecular complexity index is 507. The molecule has 1 aliphatic rings. The van der Waals surface area contributed by atoms with E-state index in [-0.39, 0.29) is 6.61 Å². The fourth-order valence-electron chi connectivity index (χ4n) is 3.50. The van der Waals surface area contributed by atoms with Crippen LogP contribution in [0.1, 0.15) is 43.9 Å². The summed E-state index contributed by atoms with van der Waals surface area (Å²) in [6, 6.07) is 7.27. The average molecular weight is 319 g/mol. The van der Waals surface area contributed by atoms with E-state index in [2.05, 4.69) is 62.6 Å². The second-order valence-corrected chi connectivity index (χ2v) is 8.35. The molecule has 1 heterocycles. The van der Waals surface area contributed by atoms with Gasteiger partial charge >= 0.3 is 0 Å². The minimum atomic E-state index is 0.281. The van der Waals surface area contributed by atoms with Crippen LogP contribution in [0.5, 0.6) is 0 Å². The van der Waals surface area contributed by atoms with Gasteiger partial charge in [-0.2, -0.15) is 0 Å². The van der Waals surface area contributed by atoms with Gasteiger partial charge < -0.3 is 5.11 Å². The molecular weight excluding hydrogens is 284 g/mol. The van der Waals surface area contributed by atoms with Gasteiger partial charge in [-0.05, 0) is 42.4 Å². The molecule has 0 bridgehead atoms. The van der Waals surface area contributed by atoms with Crippen molar-refractivity contribution >= 4 is 0 Å². The Hall–Kier alpha value is -0.900. The molecule has 1 aromatic rings. The SMILES string of the molecule is Cc1ccc(CN2CCN(CC(C)(C)C)[C@H](CCO)C2)cc1C. The molecule has 0 unspecified atom stereocenters. The summed E-state index contributed by atoms with van der Waals surface area (Å²) in [5.74, 6) is 0. The van der Waals surface area contributed by atoms with Crippen LogP contribution in [0.3, 0.4) is 0 Å². The highest BCUT2D eigenvalue weighted by Gasteiger charge is 2.29. The number of aliphatic hydroxyl groups is 1. The Morgan fingerprint density at radius 1 is 1.13 bits per heavy atom. The molecule has 2 rings (SSSR count). The van der Waals surface area contributed by atoms with Gasteiger partial charge in [0.1, 0.15) is 0 Å². The molecule has 0 radical (unpaired) electrons. The first-order chi connectivity index (χ1) is 10.8. The van der Waals surface area contributed by atoms with Crippen molar-refractivity contribution in [3.05, 3.63) is 34.9 Å². The lowest BCUT2D eigenvalue weighted by Gasteiger charge is -2.44. The van der Waals surface area contributed by atoms with Gasteiger partial charge in [0.25, 0.3) is 0 Å². The first-order valence-corrected chi connectivity index (χ1v) is 8.92. The second kappa shape index (κ2) is 7.78. The lowest BCUT2D eigenvalue weighted by atomic mass is 9.94. The zero-order chi connectivity index (χ0) is 17.0. The molecule has 1 aliphatic heterocycles. The highest BCUT2D eigenvalue weighted by Crippen LogP contribution is 2.22. The van der Waals surface area contributed by atoms with Crippen LogP contribution in [-0.2, 0) is 6.54 Å². The molecule has 1 fully saturated rings. The van der Waals surface area contributed by atoms with E-state index in [9.17, 15) is 5.11 Å². The van der Waals surface area contributed by atoms with Crippen molar-refractivity contribution in [2.75, 3.05) is 32.8 Å². The third-order valence-corrected chi connectivity index (χ3v) is 4.81. The Labute approximate surface area is 142 Å². The van der Waals surface area contributed by atoms with Gasteiger partial charge in [0.05, 0.1) is 0 Å². The van der Waals surface area contributed by atoms with Crippen molar-refractivity contribution in [1.29, 1.82) is 0 Å². The molecule has 1 atom stereocenters. The van der Waals surface area contributed by atoms with E-state index < -0.39 is 0 Å². The van der Waals surface area contributed by atoms with Crippen LogP contribution in [0.15, 0.2) is 18.2 Å². The van der Waals surface area contributed by atoms with Crippen LogP contribution in [-0.4, -0.2) is 53.7 Å². The maximum Gasteiger partial charge on any atom is 0.0446 e. The summed E-state index contributed by atoms with van der Waals surface area (Å²) in [5, 5.41) is 9.43. The van der Waals surface area contributed by atoms with Gasteiger partial charge in [-0.3, -0.25) is 9.80 Å². The molecular formula is C20H34N2O. The van der Waals surface area contributed by atoms with E-state index in [1.54, 1.807) is 0 Å². The number of aliphatic hydroxyl groups excluding tert-OH is 1. The van der Waals surface area contributed by atoms with Gasteiger partial charge in [-0.25, -0.2) is 0 Å². The lowest BCUT2D eigenvalue weighted by Crippen LogP contribution is -2.54. The monoisotopic (exact) mass is 318 g/mol. The van der Waals surface area contributed by atoms with Gasteiger partial charge in [-0.15, -0.1) is 0 Å². The molecule has 0 aliphatic carbocycles. The molecule has 1 N–H and O–H groups in total. The number of benzene rings is 1. The van der Waals surface area contributed by atoms with E-state index in [1.807, 2.05) is 0 Å². The summed E-state index contributed by atoms with van der Waals surface area (Å²) in [5.41, 5.74) is 4.45. The largest absolute Gasteiger partial charge is 0.396 e. The zero-order valence-electron chi connectivity index (χ0n) is 15.6. The average Bonchev–Trinajstić information content (AvgIpc) is 2.45. The van der Waals surface area contributed by atoms with Gasteiger partial charge in [0.15, 0.2) is 0 Å². The normalized spacial score (nSPS) is 20.9. The van der Waals surface area contributed by atoms with Gasteiger partial charge in [-0.1, -0.05) is 39.0 Å². The van der Waals surface area contributed by atoms with E-state index >= 15 is 0 Å². The fraction of sp³-hybridized carbons (Fsp3) is 0.700. The van der Waals surface area contributed by atoms with Crippen LogP contribution in [0, 0.1) is 19.3 Å². The first kappa shape index (κ1) is 18.4. The Morgan fingerprint density at radius 3 is 2.48 bits per heavy atom. The van der Waals surface area contributed by atoms with Crippen LogP contribution in [0.25, 0.3) is 0 Å². The van der Waals surface area contributed by atoms with E-state index in [0.29, 0.717) is 11.5 Å². The topological polar surface area (TPSA) is 26.7 Å². The Balaban J connectivity index is 1.99.